The van der Waals surface area contributed by atoms with Gasteiger partial charge in [0.25, 0.3) is 5.91 Å². The van der Waals surface area contributed by atoms with Gasteiger partial charge in [0.15, 0.2) is 0 Å². The van der Waals surface area contributed by atoms with Crippen LogP contribution in [-0.4, -0.2) is 25.0 Å². The van der Waals surface area contributed by atoms with E-state index < -0.39 is 0 Å². The average molecular weight is 401 g/mol. The molecular formula is C24H23N3O3. The van der Waals surface area contributed by atoms with Gasteiger partial charge in [-0.05, 0) is 41.5 Å². The van der Waals surface area contributed by atoms with E-state index >= 15 is 0 Å². The molecule has 6 nitrogen and oxygen atoms in total. The largest absolute Gasteiger partial charge is 0.489 e. The molecule has 1 aliphatic heterocycles. The number of benzene rings is 3. The first-order valence-corrected chi connectivity index (χ1v) is 9.88. The number of carbonyl (C=O) groups is 2. The van der Waals surface area contributed by atoms with E-state index in [2.05, 4.69) is 10.6 Å². The highest BCUT2D eigenvalue weighted by atomic mass is 16.5. The Kier molecular flexibility index (Phi) is 5.94. The lowest BCUT2D eigenvalue weighted by Gasteiger charge is -2.15. The van der Waals surface area contributed by atoms with Crippen LogP contribution >= 0.6 is 0 Å². The van der Waals surface area contributed by atoms with Crippen molar-refractivity contribution in [1.82, 2.24) is 10.6 Å². The third-order valence-electron chi connectivity index (χ3n) is 4.87. The van der Waals surface area contributed by atoms with Crippen molar-refractivity contribution in [2.24, 2.45) is 0 Å². The number of hydrogen-bond acceptors (Lipinski definition) is 3. The van der Waals surface area contributed by atoms with Gasteiger partial charge in [-0.15, -0.1) is 0 Å². The molecule has 0 radical (unpaired) electrons. The first-order valence-electron chi connectivity index (χ1n) is 9.88. The lowest BCUT2D eigenvalue weighted by atomic mass is 10.1. The Morgan fingerprint density at radius 3 is 2.57 bits per heavy atom. The van der Waals surface area contributed by atoms with Gasteiger partial charge in [0, 0.05) is 30.9 Å². The fraction of sp³-hybridized carbons (Fsp3) is 0.167. The van der Waals surface area contributed by atoms with Crippen LogP contribution < -0.4 is 20.3 Å². The Balaban J connectivity index is 1.35. The molecule has 0 aliphatic carbocycles. The maximum Gasteiger partial charge on any atom is 0.321 e. The number of nitrogens with one attached hydrogen (secondary N) is 2. The van der Waals surface area contributed by atoms with E-state index in [-0.39, 0.29) is 11.9 Å². The zero-order valence-electron chi connectivity index (χ0n) is 16.5. The topological polar surface area (TPSA) is 70.7 Å². The molecule has 2 N–H and O–H groups in total. The molecule has 1 aliphatic rings. The number of hydrogen-bond donors (Lipinski definition) is 2. The first kappa shape index (κ1) is 19.5. The zero-order valence-corrected chi connectivity index (χ0v) is 16.5. The Hall–Kier alpha value is -3.80. The third kappa shape index (κ3) is 4.78. The van der Waals surface area contributed by atoms with Crippen LogP contribution in [0.5, 0.6) is 5.75 Å². The normalized spacial score (nSPS) is 13.1. The molecule has 152 valence electrons. The van der Waals surface area contributed by atoms with Gasteiger partial charge >= 0.3 is 6.03 Å². The van der Waals surface area contributed by atoms with Gasteiger partial charge in [-0.2, -0.15) is 0 Å². The molecule has 1 fully saturated rings. The third-order valence-corrected chi connectivity index (χ3v) is 4.87. The molecule has 3 aromatic rings. The van der Waals surface area contributed by atoms with E-state index in [1.54, 1.807) is 23.1 Å². The molecule has 0 atom stereocenters. The molecule has 1 saturated heterocycles. The summed E-state index contributed by atoms with van der Waals surface area (Å²) in [5.41, 5.74) is 3.27. The fourth-order valence-corrected chi connectivity index (χ4v) is 3.33. The summed E-state index contributed by atoms with van der Waals surface area (Å²) in [6.07, 6.45) is 0. The van der Waals surface area contributed by atoms with Crippen LogP contribution in [0.25, 0.3) is 0 Å². The number of amides is 3. The fourth-order valence-electron chi connectivity index (χ4n) is 3.33. The molecule has 30 heavy (non-hydrogen) atoms. The number of urea groups is 1. The molecular weight excluding hydrogens is 378 g/mol. The molecule has 0 spiro atoms. The predicted octanol–water partition coefficient (Wildman–Crippen LogP) is 3.73. The van der Waals surface area contributed by atoms with E-state index in [4.69, 9.17) is 4.74 Å². The summed E-state index contributed by atoms with van der Waals surface area (Å²) < 4.78 is 5.79. The summed E-state index contributed by atoms with van der Waals surface area (Å²) in [5.74, 6) is 0.644. The van der Waals surface area contributed by atoms with E-state index in [9.17, 15) is 9.59 Å². The molecule has 0 bridgehead atoms. The number of ether oxygens (including phenoxy) is 1. The summed E-state index contributed by atoms with van der Waals surface area (Å²) in [7, 11) is 0. The molecule has 0 aromatic heterocycles. The van der Waals surface area contributed by atoms with Crippen LogP contribution in [0.3, 0.4) is 0 Å². The predicted molar refractivity (Wildman–Crippen MR) is 116 cm³/mol. The van der Waals surface area contributed by atoms with Crippen molar-refractivity contribution in [3.05, 3.63) is 95.6 Å². The van der Waals surface area contributed by atoms with Crippen molar-refractivity contribution in [3.63, 3.8) is 0 Å². The van der Waals surface area contributed by atoms with Crippen LogP contribution in [0.4, 0.5) is 10.5 Å². The zero-order chi connectivity index (χ0) is 20.8. The minimum atomic E-state index is -0.178. The lowest BCUT2D eigenvalue weighted by Crippen LogP contribution is -2.28. The van der Waals surface area contributed by atoms with E-state index in [0.717, 1.165) is 22.6 Å². The van der Waals surface area contributed by atoms with E-state index in [1.165, 1.54) is 0 Å². The minimum absolute atomic E-state index is 0.137. The molecule has 0 unspecified atom stereocenters. The van der Waals surface area contributed by atoms with Crippen LogP contribution in [0.15, 0.2) is 78.9 Å². The number of carbonyl (C=O) groups excluding carboxylic acids is 2. The van der Waals surface area contributed by atoms with Gasteiger partial charge in [-0.3, -0.25) is 9.69 Å². The van der Waals surface area contributed by atoms with E-state index in [1.807, 2.05) is 60.7 Å². The molecule has 4 rings (SSSR count). The maximum absolute atomic E-state index is 12.6. The Morgan fingerprint density at radius 2 is 1.77 bits per heavy atom. The summed E-state index contributed by atoms with van der Waals surface area (Å²) in [6, 6.07) is 24.6. The van der Waals surface area contributed by atoms with Gasteiger partial charge in [0.2, 0.25) is 0 Å². The standard InChI is InChI=1S/C24H23N3O3/c28-23(20-8-5-9-21(15-20)27-13-12-25-24(27)29)26-16-18-6-4-7-19(14-18)17-30-22-10-2-1-3-11-22/h1-11,14-15H,12-13,16-17H2,(H,25,29)(H,26,28). The van der Waals surface area contributed by atoms with Crippen LogP contribution in [0.2, 0.25) is 0 Å². The molecule has 0 saturated carbocycles. The second-order valence-corrected chi connectivity index (χ2v) is 7.04. The molecule has 3 aromatic carbocycles. The summed E-state index contributed by atoms with van der Waals surface area (Å²) >= 11 is 0. The number of rotatable bonds is 7. The van der Waals surface area contributed by atoms with Crippen molar-refractivity contribution in [2.45, 2.75) is 13.2 Å². The van der Waals surface area contributed by atoms with E-state index in [0.29, 0.717) is 31.8 Å². The average Bonchev–Trinajstić information content (AvgIpc) is 3.23. The smallest absolute Gasteiger partial charge is 0.321 e. The first-order chi connectivity index (χ1) is 14.7. The highest BCUT2D eigenvalue weighted by Gasteiger charge is 2.21. The van der Waals surface area contributed by atoms with Gasteiger partial charge < -0.3 is 15.4 Å². The van der Waals surface area contributed by atoms with Crippen molar-refractivity contribution in [3.8, 4) is 5.75 Å². The Morgan fingerprint density at radius 1 is 0.967 bits per heavy atom. The lowest BCUT2D eigenvalue weighted by molar-refractivity contribution is 0.0951. The van der Waals surface area contributed by atoms with Crippen LogP contribution in [-0.2, 0) is 13.2 Å². The van der Waals surface area contributed by atoms with Crippen molar-refractivity contribution < 1.29 is 14.3 Å². The number of anilines is 1. The number of para-hydroxylation sites is 1. The maximum atomic E-state index is 12.6. The van der Waals surface area contributed by atoms with Gasteiger partial charge in [-0.1, -0.05) is 48.5 Å². The SMILES string of the molecule is O=C(NCc1cccc(COc2ccccc2)c1)c1cccc(N2CCNC2=O)c1. The Bertz CT molecular complexity index is 1040. The van der Waals surface area contributed by atoms with Crippen molar-refractivity contribution in [2.75, 3.05) is 18.0 Å². The molecule has 3 amide bonds. The highest BCUT2D eigenvalue weighted by molar-refractivity contribution is 5.98. The molecule has 1 heterocycles. The monoisotopic (exact) mass is 401 g/mol. The van der Waals surface area contributed by atoms with Gasteiger partial charge in [0.1, 0.15) is 12.4 Å². The van der Waals surface area contributed by atoms with Gasteiger partial charge in [0.05, 0.1) is 0 Å². The van der Waals surface area contributed by atoms with Crippen molar-refractivity contribution in [1.29, 1.82) is 0 Å². The quantitative estimate of drug-likeness (QED) is 0.634. The van der Waals surface area contributed by atoms with Crippen LogP contribution in [0.1, 0.15) is 21.5 Å². The van der Waals surface area contributed by atoms with Crippen molar-refractivity contribution >= 4 is 17.6 Å². The molecule has 6 heteroatoms. The summed E-state index contributed by atoms with van der Waals surface area (Å²) in [4.78, 5) is 26.1. The van der Waals surface area contributed by atoms with Gasteiger partial charge in [-0.25, -0.2) is 4.79 Å². The Labute approximate surface area is 175 Å². The number of nitrogens with zero attached hydrogens (tertiary/aromatic N) is 1. The second-order valence-electron chi connectivity index (χ2n) is 7.04. The summed E-state index contributed by atoms with van der Waals surface area (Å²) in [5, 5.41) is 5.71. The second kappa shape index (κ2) is 9.13. The highest BCUT2D eigenvalue weighted by Crippen LogP contribution is 2.18. The van der Waals surface area contributed by atoms with Crippen LogP contribution in [0, 0.1) is 0 Å². The summed E-state index contributed by atoms with van der Waals surface area (Å²) in [6.45, 7) is 2.08. The minimum Gasteiger partial charge on any atom is -0.489 e.